The number of nitrogens with one attached hydrogen (secondary N) is 2. The van der Waals surface area contributed by atoms with E-state index in [1.807, 2.05) is 0 Å². The van der Waals surface area contributed by atoms with E-state index in [1.54, 1.807) is 33.7 Å². The Morgan fingerprint density at radius 1 is 1.04 bits per heavy atom. The number of carbonyl (C=O) groups is 1. The number of pyridine rings is 1. The van der Waals surface area contributed by atoms with Crippen molar-refractivity contribution >= 4 is 31.0 Å². The maximum Gasteiger partial charge on any atom is 0.282 e. The van der Waals surface area contributed by atoms with E-state index in [0.29, 0.717) is 62.3 Å². The van der Waals surface area contributed by atoms with Gasteiger partial charge in [-0.15, -0.1) is 9.24 Å². The van der Waals surface area contributed by atoms with Gasteiger partial charge in [-0.25, -0.2) is 13.2 Å². The van der Waals surface area contributed by atoms with Gasteiger partial charge in [0.25, 0.3) is 10.2 Å². The fourth-order valence-corrected chi connectivity index (χ4v) is 8.71. The number of halogens is 3. The molecule has 242 valence electrons. The van der Waals surface area contributed by atoms with Crippen molar-refractivity contribution in [1.29, 1.82) is 0 Å². The van der Waals surface area contributed by atoms with Crippen molar-refractivity contribution in [2.24, 2.45) is 0 Å². The van der Waals surface area contributed by atoms with Gasteiger partial charge in [0, 0.05) is 50.2 Å². The summed E-state index contributed by atoms with van der Waals surface area (Å²) in [4.78, 5) is 17.6. The minimum absolute atomic E-state index is 0.212. The van der Waals surface area contributed by atoms with Gasteiger partial charge in [-0.05, 0) is 80.0 Å². The molecule has 1 aromatic heterocycles. The topological polar surface area (TPSA) is 94.6 Å². The van der Waals surface area contributed by atoms with Crippen LogP contribution in [0.15, 0.2) is 54.9 Å². The molecule has 13 heteroatoms. The van der Waals surface area contributed by atoms with Gasteiger partial charge >= 0.3 is 0 Å². The number of anilines is 1. The van der Waals surface area contributed by atoms with E-state index in [-0.39, 0.29) is 23.7 Å². The average Bonchev–Trinajstić information content (AvgIpc) is 3.56. The lowest BCUT2D eigenvalue weighted by atomic mass is 9.87. The van der Waals surface area contributed by atoms with Crippen molar-refractivity contribution in [1.82, 2.24) is 18.9 Å². The van der Waals surface area contributed by atoms with E-state index in [2.05, 4.69) is 24.9 Å². The number of nitrogens with zero attached hydrogens (tertiary/aromatic N) is 3. The van der Waals surface area contributed by atoms with Gasteiger partial charge in [-0.1, -0.05) is 18.2 Å². The quantitative estimate of drug-likeness (QED) is 0.289. The number of amides is 1. The van der Waals surface area contributed by atoms with Gasteiger partial charge in [0.05, 0.1) is 23.7 Å². The largest absolute Gasteiger partial charge is 0.324 e. The van der Waals surface area contributed by atoms with Crippen molar-refractivity contribution in [3.63, 3.8) is 0 Å². The van der Waals surface area contributed by atoms with Crippen LogP contribution in [0.25, 0.3) is 0 Å². The first-order chi connectivity index (χ1) is 21.5. The average molecular weight is 662 g/mol. The fourth-order valence-electron chi connectivity index (χ4n) is 6.29. The molecule has 8 nitrogen and oxygen atoms in total. The molecule has 1 amide bonds. The number of aromatic nitrogens is 1. The van der Waals surface area contributed by atoms with E-state index in [9.17, 15) is 22.0 Å². The number of hydrogen-bond acceptors (Lipinski definition) is 5. The summed E-state index contributed by atoms with van der Waals surface area (Å²) in [6.45, 7) is 4.27. The molecule has 5 rings (SSSR count). The molecule has 1 unspecified atom stereocenters. The Labute approximate surface area is 265 Å². The van der Waals surface area contributed by atoms with Gasteiger partial charge in [0.2, 0.25) is 5.91 Å². The summed E-state index contributed by atoms with van der Waals surface area (Å²) in [6.07, 6.45) is 5.43. The Morgan fingerprint density at radius 2 is 1.78 bits per heavy atom. The Balaban J connectivity index is 1.31. The Bertz CT molecular complexity index is 1590. The maximum atomic E-state index is 15.1. The minimum atomic E-state index is -3.57. The molecule has 2 N–H and O–H groups in total. The van der Waals surface area contributed by atoms with Crippen molar-refractivity contribution in [3.8, 4) is 0 Å². The smallest absolute Gasteiger partial charge is 0.282 e. The van der Waals surface area contributed by atoms with Crippen LogP contribution < -0.4 is 10.6 Å². The number of piperazine rings is 1. The van der Waals surface area contributed by atoms with E-state index < -0.39 is 45.1 Å². The third kappa shape index (κ3) is 7.92. The monoisotopic (exact) mass is 661 g/mol. The standard InChI is InChI=1S/C32H39F3N5O3PS/c1-21-15-23(17-25(34)16-21)30(22-7-9-24(33)10-8-22)31(44)32(41)38-29-20-37-19-28(35)27(29)6-4-5-26-18-36-11-14-40(26)45(42,43)39-12-2-3-13-39/h7-10,15-17,19-20,26,30-31,36H,2-6,11-14,18,44H2,1H3,(H,38,41)/t26-,30-,31-/m0/s1. The zero-order valence-corrected chi connectivity index (χ0v) is 27.2. The predicted octanol–water partition coefficient (Wildman–Crippen LogP) is 4.76. The number of hydrogen-bond donors (Lipinski definition) is 2. The first-order valence-electron chi connectivity index (χ1n) is 15.2. The highest BCUT2D eigenvalue weighted by atomic mass is 32.2. The lowest BCUT2D eigenvalue weighted by molar-refractivity contribution is -0.116. The molecule has 0 saturated carbocycles. The molecule has 0 bridgehead atoms. The Hall–Kier alpha value is -2.89. The number of aryl methyl sites for hydroxylation is 1. The van der Waals surface area contributed by atoms with Crippen LogP contribution in [0, 0.1) is 24.4 Å². The highest BCUT2D eigenvalue weighted by molar-refractivity contribution is 7.86. The molecule has 2 saturated heterocycles. The molecule has 3 aromatic rings. The van der Waals surface area contributed by atoms with Crippen LogP contribution in [0.1, 0.15) is 53.9 Å². The van der Waals surface area contributed by atoms with Gasteiger partial charge in [-0.2, -0.15) is 17.0 Å². The summed E-state index contributed by atoms with van der Waals surface area (Å²) in [5.41, 5.74) is 1.49. The second kappa shape index (κ2) is 14.7. The zero-order chi connectivity index (χ0) is 32.1. The molecule has 3 heterocycles. The summed E-state index contributed by atoms with van der Waals surface area (Å²) in [6, 6.07) is 9.96. The fraction of sp³-hybridized carbons (Fsp3) is 0.438. The molecule has 4 atom stereocenters. The Morgan fingerprint density at radius 3 is 2.49 bits per heavy atom. The molecule has 0 aliphatic carbocycles. The Kier molecular flexibility index (Phi) is 10.9. The van der Waals surface area contributed by atoms with E-state index >= 15 is 4.39 Å². The summed E-state index contributed by atoms with van der Waals surface area (Å²) in [5.74, 6) is -2.57. The van der Waals surface area contributed by atoms with E-state index in [1.165, 1.54) is 30.5 Å². The van der Waals surface area contributed by atoms with Gasteiger partial charge < -0.3 is 10.6 Å². The highest BCUT2D eigenvalue weighted by Crippen LogP contribution is 2.35. The summed E-state index contributed by atoms with van der Waals surface area (Å²) >= 11 is 0. The first-order valence-corrected chi connectivity index (χ1v) is 17.3. The zero-order valence-electron chi connectivity index (χ0n) is 25.2. The highest BCUT2D eigenvalue weighted by Gasteiger charge is 2.37. The number of carbonyl (C=O) groups excluding carboxylic acids is 1. The summed E-state index contributed by atoms with van der Waals surface area (Å²) < 4.78 is 73.1. The minimum Gasteiger partial charge on any atom is -0.324 e. The molecule has 2 fully saturated rings. The van der Waals surface area contributed by atoms with Crippen molar-refractivity contribution < 1.29 is 26.4 Å². The second-order valence-corrected chi connectivity index (χ2v) is 14.3. The molecule has 2 aliphatic heterocycles. The van der Waals surface area contributed by atoms with Crippen LogP contribution in [0.5, 0.6) is 0 Å². The van der Waals surface area contributed by atoms with Crippen molar-refractivity contribution in [2.75, 3.05) is 38.0 Å². The first kappa shape index (κ1) is 33.5. The normalized spacial score (nSPS) is 19.4. The van der Waals surface area contributed by atoms with Crippen LogP contribution in [0.3, 0.4) is 0 Å². The van der Waals surface area contributed by atoms with Gasteiger partial charge in [0.15, 0.2) is 0 Å². The van der Waals surface area contributed by atoms with E-state index in [0.717, 1.165) is 19.0 Å². The maximum absolute atomic E-state index is 15.1. The molecule has 2 aliphatic rings. The number of benzene rings is 2. The molecule has 45 heavy (non-hydrogen) atoms. The van der Waals surface area contributed by atoms with Crippen LogP contribution >= 0.6 is 9.24 Å². The number of rotatable bonds is 11. The molecular formula is C32H39F3N5O3PS. The van der Waals surface area contributed by atoms with Crippen LogP contribution in [0.4, 0.5) is 18.9 Å². The predicted molar refractivity (Wildman–Crippen MR) is 172 cm³/mol. The molecule has 0 spiro atoms. The lowest BCUT2D eigenvalue weighted by Crippen LogP contribution is -2.56. The van der Waals surface area contributed by atoms with Crippen molar-refractivity contribution in [3.05, 3.63) is 94.6 Å². The summed E-state index contributed by atoms with van der Waals surface area (Å²) in [5, 5.41) is 6.09. The van der Waals surface area contributed by atoms with Crippen LogP contribution in [-0.4, -0.2) is 72.3 Å². The van der Waals surface area contributed by atoms with Crippen LogP contribution in [-0.2, 0) is 21.4 Å². The van der Waals surface area contributed by atoms with Crippen LogP contribution in [0.2, 0.25) is 0 Å². The van der Waals surface area contributed by atoms with Gasteiger partial charge in [0.1, 0.15) is 17.5 Å². The molecule has 2 aromatic carbocycles. The SMILES string of the molecule is Cc1cc(F)cc([C@H](c2ccc(F)cc2)[C@H](P)C(=O)Nc2cncc(F)c2CCC[C@H]2CNCCN2S(=O)(=O)N2CCCC2)c1. The second-order valence-electron chi connectivity index (χ2n) is 11.7. The lowest BCUT2D eigenvalue weighted by Gasteiger charge is -2.37. The third-order valence-corrected chi connectivity index (χ3v) is 11.3. The summed E-state index contributed by atoms with van der Waals surface area (Å²) in [7, 11) is -1.08. The third-order valence-electron chi connectivity index (χ3n) is 8.53. The van der Waals surface area contributed by atoms with E-state index in [4.69, 9.17) is 0 Å². The molecular weight excluding hydrogens is 622 g/mol. The van der Waals surface area contributed by atoms with Crippen molar-refractivity contribution in [2.45, 2.75) is 56.6 Å². The molecule has 0 radical (unpaired) electrons. The van der Waals surface area contributed by atoms with Gasteiger partial charge in [-0.3, -0.25) is 9.78 Å².